The van der Waals surface area contributed by atoms with Crippen LogP contribution in [0.1, 0.15) is 13.3 Å². The number of rotatable bonds is 6. The minimum Gasteiger partial charge on any atom is -0.377 e. The van der Waals surface area contributed by atoms with Crippen molar-refractivity contribution in [2.75, 3.05) is 19.1 Å². The van der Waals surface area contributed by atoms with Crippen LogP contribution in [0.2, 0.25) is 0 Å². The van der Waals surface area contributed by atoms with Crippen LogP contribution in [-0.4, -0.2) is 19.1 Å². The van der Waals surface area contributed by atoms with Gasteiger partial charge in [-0.1, -0.05) is 17.7 Å². The van der Waals surface area contributed by atoms with Crippen LogP contribution in [-0.2, 0) is 4.74 Å². The van der Waals surface area contributed by atoms with Gasteiger partial charge in [0.2, 0.25) is 0 Å². The summed E-state index contributed by atoms with van der Waals surface area (Å²) in [4.78, 5) is 0. The molecule has 0 aliphatic rings. The second kappa shape index (κ2) is 7.83. The van der Waals surface area contributed by atoms with Crippen molar-refractivity contribution in [2.45, 2.75) is 13.3 Å². The Kier molecular flexibility index (Phi) is 7.64. The largest absolute Gasteiger partial charge is 0.377 e. The zero-order valence-electron chi connectivity index (χ0n) is 6.98. The molecular weight excluding hydrogens is 160 g/mol. The SMILES string of the molecule is C=C(C)CCOC/C=C/CCl. The van der Waals surface area contributed by atoms with Gasteiger partial charge in [0, 0.05) is 5.88 Å². The maximum absolute atomic E-state index is 5.41. The molecule has 0 rings (SSSR count). The Labute approximate surface area is 73.7 Å². The average molecular weight is 175 g/mol. The van der Waals surface area contributed by atoms with Gasteiger partial charge in [-0.2, -0.15) is 0 Å². The van der Waals surface area contributed by atoms with Crippen molar-refractivity contribution in [1.29, 1.82) is 0 Å². The molecule has 0 N–H and O–H groups in total. The van der Waals surface area contributed by atoms with E-state index < -0.39 is 0 Å². The number of hydrogen-bond acceptors (Lipinski definition) is 1. The highest BCUT2D eigenvalue weighted by atomic mass is 35.5. The highest BCUT2D eigenvalue weighted by Crippen LogP contribution is 1.94. The lowest BCUT2D eigenvalue weighted by Gasteiger charge is -1.99. The molecule has 0 aromatic carbocycles. The maximum Gasteiger partial charge on any atom is 0.0648 e. The molecule has 0 radical (unpaired) electrons. The summed E-state index contributed by atoms with van der Waals surface area (Å²) in [6.07, 6.45) is 4.74. The maximum atomic E-state index is 5.41. The quantitative estimate of drug-likeness (QED) is 0.342. The van der Waals surface area contributed by atoms with Gasteiger partial charge in [-0.15, -0.1) is 18.2 Å². The summed E-state index contributed by atoms with van der Waals surface area (Å²) in [6, 6.07) is 0. The summed E-state index contributed by atoms with van der Waals surface area (Å²) < 4.78 is 5.24. The van der Waals surface area contributed by atoms with Crippen LogP contribution in [0.5, 0.6) is 0 Å². The zero-order valence-corrected chi connectivity index (χ0v) is 7.73. The minimum atomic E-state index is 0.559. The van der Waals surface area contributed by atoms with Gasteiger partial charge in [-0.05, 0) is 13.3 Å². The van der Waals surface area contributed by atoms with E-state index >= 15 is 0 Å². The van der Waals surface area contributed by atoms with Gasteiger partial charge in [-0.25, -0.2) is 0 Å². The second-order valence-electron chi connectivity index (χ2n) is 2.41. The van der Waals surface area contributed by atoms with Crippen molar-refractivity contribution in [1.82, 2.24) is 0 Å². The first-order chi connectivity index (χ1) is 5.27. The van der Waals surface area contributed by atoms with E-state index in [2.05, 4.69) is 6.58 Å². The third-order valence-corrected chi connectivity index (χ3v) is 1.32. The minimum absolute atomic E-state index is 0.559. The molecule has 1 nitrogen and oxygen atoms in total. The first-order valence-corrected chi connectivity index (χ1v) is 4.24. The van der Waals surface area contributed by atoms with E-state index in [9.17, 15) is 0 Å². The highest BCUT2D eigenvalue weighted by molar-refractivity contribution is 6.18. The normalized spacial score (nSPS) is 10.7. The van der Waals surface area contributed by atoms with Gasteiger partial charge in [0.15, 0.2) is 0 Å². The number of ether oxygens (including phenoxy) is 1. The fourth-order valence-corrected chi connectivity index (χ4v) is 0.655. The van der Waals surface area contributed by atoms with E-state index in [1.54, 1.807) is 0 Å². The number of alkyl halides is 1. The molecule has 0 heterocycles. The molecule has 0 spiro atoms. The molecule has 0 unspecified atom stereocenters. The molecule has 0 fully saturated rings. The Morgan fingerprint density at radius 1 is 1.55 bits per heavy atom. The van der Waals surface area contributed by atoms with Crippen molar-refractivity contribution in [3.8, 4) is 0 Å². The molecule has 0 aromatic rings. The average Bonchev–Trinajstić information content (AvgIpc) is 1.96. The highest BCUT2D eigenvalue weighted by Gasteiger charge is 1.85. The Balaban J connectivity index is 3.02. The van der Waals surface area contributed by atoms with Crippen LogP contribution >= 0.6 is 11.6 Å². The molecule has 0 amide bonds. The molecule has 0 atom stereocenters. The predicted molar refractivity (Wildman–Crippen MR) is 50.1 cm³/mol. The molecule has 0 aliphatic carbocycles. The number of hydrogen-bond donors (Lipinski definition) is 0. The second-order valence-corrected chi connectivity index (χ2v) is 2.72. The van der Waals surface area contributed by atoms with E-state index in [1.807, 2.05) is 19.1 Å². The fraction of sp³-hybridized carbons (Fsp3) is 0.556. The summed E-state index contributed by atoms with van der Waals surface area (Å²) >= 11 is 5.41. The van der Waals surface area contributed by atoms with Crippen LogP contribution in [0.4, 0.5) is 0 Å². The van der Waals surface area contributed by atoms with Gasteiger partial charge in [0.1, 0.15) is 0 Å². The summed E-state index contributed by atoms with van der Waals surface area (Å²) in [5, 5.41) is 0. The Morgan fingerprint density at radius 3 is 2.82 bits per heavy atom. The van der Waals surface area contributed by atoms with E-state index in [4.69, 9.17) is 16.3 Å². The third kappa shape index (κ3) is 9.73. The van der Waals surface area contributed by atoms with Crippen LogP contribution in [0, 0.1) is 0 Å². The Morgan fingerprint density at radius 2 is 2.27 bits per heavy atom. The monoisotopic (exact) mass is 174 g/mol. The molecule has 0 bridgehead atoms. The summed E-state index contributed by atoms with van der Waals surface area (Å²) in [5.74, 6) is 0.559. The van der Waals surface area contributed by atoms with E-state index in [-0.39, 0.29) is 0 Å². The van der Waals surface area contributed by atoms with Gasteiger partial charge >= 0.3 is 0 Å². The van der Waals surface area contributed by atoms with E-state index in [1.165, 1.54) is 0 Å². The van der Waals surface area contributed by atoms with Crippen LogP contribution in [0.25, 0.3) is 0 Å². The number of halogens is 1. The predicted octanol–water partition coefficient (Wildman–Crippen LogP) is 2.76. The lowest BCUT2D eigenvalue weighted by atomic mass is 10.3. The van der Waals surface area contributed by atoms with E-state index in [0.29, 0.717) is 12.5 Å². The molecule has 0 saturated heterocycles. The van der Waals surface area contributed by atoms with Crippen molar-refractivity contribution in [3.05, 3.63) is 24.3 Å². The number of allylic oxidation sites excluding steroid dienone is 1. The molecule has 2 heteroatoms. The summed E-state index contributed by atoms with van der Waals surface area (Å²) in [5.41, 5.74) is 1.16. The third-order valence-electron chi connectivity index (χ3n) is 1.14. The van der Waals surface area contributed by atoms with Gasteiger partial charge < -0.3 is 4.74 Å². The first-order valence-electron chi connectivity index (χ1n) is 3.70. The van der Waals surface area contributed by atoms with Crippen molar-refractivity contribution in [2.24, 2.45) is 0 Å². The Bertz CT molecular complexity index is 130. The van der Waals surface area contributed by atoms with Gasteiger partial charge in [0.05, 0.1) is 13.2 Å². The van der Waals surface area contributed by atoms with Crippen molar-refractivity contribution < 1.29 is 4.74 Å². The van der Waals surface area contributed by atoms with Crippen molar-refractivity contribution >= 4 is 11.6 Å². The fourth-order valence-electron chi connectivity index (χ4n) is 0.529. The van der Waals surface area contributed by atoms with Gasteiger partial charge in [0.25, 0.3) is 0 Å². The lowest BCUT2D eigenvalue weighted by molar-refractivity contribution is 0.166. The van der Waals surface area contributed by atoms with Crippen LogP contribution in [0.3, 0.4) is 0 Å². The van der Waals surface area contributed by atoms with Gasteiger partial charge in [-0.3, -0.25) is 0 Å². The van der Waals surface area contributed by atoms with Crippen molar-refractivity contribution in [3.63, 3.8) is 0 Å². The topological polar surface area (TPSA) is 9.23 Å². The smallest absolute Gasteiger partial charge is 0.0648 e. The Hall–Kier alpha value is -0.270. The molecule has 11 heavy (non-hydrogen) atoms. The molecule has 64 valence electrons. The molecule has 0 aromatic heterocycles. The van der Waals surface area contributed by atoms with E-state index in [0.717, 1.165) is 18.6 Å². The standard InChI is InChI=1S/C9H15ClO/c1-9(2)5-8-11-7-4-3-6-10/h3-4H,1,5-8H2,2H3/b4-3+. The zero-order chi connectivity index (χ0) is 8.53. The molecular formula is C9H15ClO. The van der Waals surface area contributed by atoms with Crippen LogP contribution < -0.4 is 0 Å². The summed E-state index contributed by atoms with van der Waals surface area (Å²) in [7, 11) is 0. The lowest BCUT2D eigenvalue weighted by Crippen LogP contribution is -1.94. The summed E-state index contributed by atoms with van der Waals surface area (Å²) in [6.45, 7) is 7.17. The molecule has 0 saturated carbocycles. The van der Waals surface area contributed by atoms with Crippen LogP contribution in [0.15, 0.2) is 24.3 Å². The first kappa shape index (κ1) is 10.7. The molecule has 0 aliphatic heterocycles.